The lowest BCUT2D eigenvalue weighted by atomic mass is 9.85. The van der Waals surface area contributed by atoms with Crippen molar-refractivity contribution in [1.29, 1.82) is 5.26 Å². The number of imidazole rings is 1. The van der Waals surface area contributed by atoms with Gasteiger partial charge in [-0.15, -0.1) is 11.3 Å². The number of carbonyl (C=O) groups is 3. The number of ether oxygens (including phenoxy) is 2. The van der Waals surface area contributed by atoms with E-state index < -0.39 is 69.8 Å². The first-order chi connectivity index (χ1) is 31.7. The molecule has 2 aliphatic heterocycles. The molecule has 0 aliphatic carbocycles. The van der Waals surface area contributed by atoms with Gasteiger partial charge in [0.05, 0.1) is 69.7 Å². The molecule has 2 fully saturated rings. The highest BCUT2D eigenvalue weighted by Gasteiger charge is 2.52. The van der Waals surface area contributed by atoms with Crippen molar-refractivity contribution >= 4 is 57.8 Å². The quantitative estimate of drug-likeness (QED) is 0.0531. The van der Waals surface area contributed by atoms with Crippen molar-refractivity contribution in [2.45, 2.75) is 83.8 Å². The van der Waals surface area contributed by atoms with Gasteiger partial charge in [-0.1, -0.05) is 20.8 Å². The van der Waals surface area contributed by atoms with E-state index >= 15 is 4.39 Å². The molecule has 21 heteroatoms. The number of H-pyrrole nitrogens is 1. The topological polar surface area (TPSA) is 190 Å². The van der Waals surface area contributed by atoms with Crippen molar-refractivity contribution < 1.29 is 46.5 Å². The number of β-amino-alcohol motifs (C(OH)–C–C–N with tert-alkyl or cyclic N) is 1. The molecule has 7 rings (SSSR count). The van der Waals surface area contributed by atoms with E-state index in [4.69, 9.17) is 21.7 Å². The van der Waals surface area contributed by atoms with Gasteiger partial charge in [-0.05, 0) is 92.9 Å². The molecule has 2 saturated heterocycles. The van der Waals surface area contributed by atoms with Crippen LogP contribution in [0.5, 0.6) is 5.75 Å². The molecule has 15 nitrogen and oxygen atoms in total. The number of nitriles is 1. The Bertz CT molecular complexity index is 2670. The summed E-state index contributed by atoms with van der Waals surface area (Å²) in [5, 5.41) is 22.3. The maximum absolute atomic E-state index is 15.4. The molecule has 3 atom stereocenters. The van der Waals surface area contributed by atoms with Gasteiger partial charge < -0.3 is 34.7 Å². The highest BCUT2D eigenvalue weighted by molar-refractivity contribution is 7.81. The van der Waals surface area contributed by atoms with E-state index in [0.717, 1.165) is 22.6 Å². The molecule has 0 spiro atoms. The van der Waals surface area contributed by atoms with E-state index in [-0.39, 0.29) is 30.8 Å². The number of thiocarbonyl (C=S) groups is 1. The van der Waals surface area contributed by atoms with E-state index in [1.165, 1.54) is 42.4 Å². The van der Waals surface area contributed by atoms with Gasteiger partial charge in [0.1, 0.15) is 35.3 Å². The van der Waals surface area contributed by atoms with Gasteiger partial charge in [-0.3, -0.25) is 29.3 Å². The highest BCUT2D eigenvalue weighted by Crippen LogP contribution is 2.42. The van der Waals surface area contributed by atoms with Crippen LogP contribution >= 0.6 is 23.6 Å². The molecule has 2 aromatic carbocycles. The number of thiazole rings is 1. The molecule has 67 heavy (non-hydrogen) atoms. The molecule has 3 aromatic heterocycles. The van der Waals surface area contributed by atoms with E-state index in [1.807, 2.05) is 20.8 Å². The SMILES string of the molecule is CC(C)(C)[C@H](NC(=O)COCCCCOc1ccc(-c2ccc(N3C(=S)N(c4ccc(C#N)c(C(F)(F)F)c4F)C(=O)C3(C)C)cn2)cc1)C(=O)N1C[C@H](O)C[C@H]1c1nc(-c2cncs2)c[nH]1. The summed E-state index contributed by atoms with van der Waals surface area (Å²) in [5.74, 6) is -2.17. The molecular formula is C46H47F4N9O6S2. The van der Waals surface area contributed by atoms with Crippen molar-refractivity contribution in [2.75, 3.05) is 36.2 Å². The van der Waals surface area contributed by atoms with Crippen molar-refractivity contribution in [3.05, 3.63) is 95.4 Å². The Kier molecular flexibility index (Phi) is 14.1. The second-order valence-electron chi connectivity index (χ2n) is 17.6. The zero-order chi connectivity index (χ0) is 48.4. The van der Waals surface area contributed by atoms with Gasteiger partial charge in [0.2, 0.25) is 11.8 Å². The summed E-state index contributed by atoms with van der Waals surface area (Å²) >= 11 is 6.97. The van der Waals surface area contributed by atoms with Crippen LogP contribution < -0.4 is 19.9 Å². The molecule has 352 valence electrons. The number of likely N-dealkylation sites (tertiary alicyclic amines) is 1. The molecule has 3 amide bonds. The molecule has 0 saturated carbocycles. The Hall–Kier alpha value is -6.34. The number of carbonyl (C=O) groups excluding carboxylic acids is 3. The Balaban J connectivity index is 0.868. The largest absolute Gasteiger partial charge is 0.494 e. The van der Waals surface area contributed by atoms with E-state index in [1.54, 1.807) is 59.2 Å². The number of hydrogen-bond acceptors (Lipinski definition) is 12. The van der Waals surface area contributed by atoms with Gasteiger partial charge >= 0.3 is 6.18 Å². The zero-order valence-electron chi connectivity index (χ0n) is 37.1. The smallest absolute Gasteiger partial charge is 0.420 e. The van der Waals surface area contributed by atoms with Crippen LogP contribution in [0.1, 0.15) is 76.9 Å². The predicted octanol–water partition coefficient (Wildman–Crippen LogP) is 7.58. The number of pyridine rings is 1. The van der Waals surface area contributed by atoms with E-state index in [2.05, 4.69) is 25.3 Å². The van der Waals surface area contributed by atoms with Gasteiger partial charge in [0.25, 0.3) is 5.91 Å². The molecule has 0 bridgehead atoms. The number of anilines is 2. The van der Waals surface area contributed by atoms with Gasteiger partial charge in [0.15, 0.2) is 10.9 Å². The number of hydrogen-bond donors (Lipinski definition) is 3. The van der Waals surface area contributed by atoms with Crippen LogP contribution in [0.4, 0.5) is 28.9 Å². The van der Waals surface area contributed by atoms with E-state index in [0.29, 0.717) is 59.4 Å². The summed E-state index contributed by atoms with van der Waals surface area (Å²) in [6.45, 7) is 9.10. The molecule has 5 heterocycles. The summed E-state index contributed by atoms with van der Waals surface area (Å²) < 4.78 is 68.2. The highest BCUT2D eigenvalue weighted by atomic mass is 32.1. The van der Waals surface area contributed by atoms with Gasteiger partial charge in [-0.2, -0.15) is 18.4 Å². The zero-order valence-corrected chi connectivity index (χ0v) is 38.7. The average Bonchev–Trinajstić information content (AvgIpc) is 4.09. The predicted molar refractivity (Wildman–Crippen MR) is 244 cm³/mol. The van der Waals surface area contributed by atoms with Gasteiger partial charge in [0, 0.05) is 37.5 Å². The normalized spacial score (nSPS) is 17.8. The number of rotatable bonds is 15. The van der Waals surface area contributed by atoms with E-state index in [9.17, 15) is 37.9 Å². The summed E-state index contributed by atoms with van der Waals surface area (Å²) in [5.41, 5.74) is -1.46. The lowest BCUT2D eigenvalue weighted by Crippen LogP contribution is -2.55. The second-order valence-corrected chi connectivity index (χ2v) is 18.8. The number of alkyl halides is 3. The number of nitrogens with one attached hydrogen (secondary N) is 2. The third-order valence-electron chi connectivity index (χ3n) is 11.4. The first kappa shape index (κ1) is 48.6. The van der Waals surface area contributed by atoms with Crippen LogP contribution in [0.15, 0.2) is 72.6 Å². The number of unbranched alkanes of at least 4 members (excludes halogenated alkanes) is 1. The molecular weight excluding hydrogens is 915 g/mol. The number of halogens is 4. The van der Waals surface area contributed by atoms with Crippen LogP contribution in [0.25, 0.3) is 21.8 Å². The van der Waals surface area contributed by atoms with Crippen LogP contribution in [-0.4, -0.2) is 96.8 Å². The summed E-state index contributed by atoms with van der Waals surface area (Å²) in [6, 6.07) is 12.2. The Morgan fingerprint density at radius 3 is 2.45 bits per heavy atom. The number of amides is 3. The Morgan fingerprint density at radius 2 is 1.81 bits per heavy atom. The van der Waals surface area contributed by atoms with Crippen LogP contribution in [0.3, 0.4) is 0 Å². The fourth-order valence-corrected chi connectivity index (χ4v) is 9.03. The fraction of sp³-hybridized carbons (Fsp3) is 0.391. The number of aromatic nitrogens is 4. The number of aromatic amines is 1. The lowest BCUT2D eigenvalue weighted by molar-refractivity contribution is -0.141. The first-order valence-corrected chi connectivity index (χ1v) is 22.5. The number of nitrogens with zero attached hydrogens (tertiary/aromatic N) is 7. The van der Waals surface area contributed by atoms with Crippen LogP contribution in [0.2, 0.25) is 0 Å². The number of aliphatic hydroxyl groups excluding tert-OH is 1. The maximum atomic E-state index is 15.4. The molecule has 0 unspecified atom stereocenters. The third-order valence-corrected chi connectivity index (χ3v) is 12.5. The van der Waals surface area contributed by atoms with Crippen molar-refractivity contribution in [3.8, 4) is 33.6 Å². The first-order valence-electron chi connectivity index (χ1n) is 21.2. The third kappa shape index (κ3) is 10.3. The molecule has 3 N–H and O–H groups in total. The molecule has 2 aliphatic rings. The molecule has 0 radical (unpaired) electrons. The molecule has 5 aromatic rings. The van der Waals surface area contributed by atoms with Crippen LogP contribution in [0, 0.1) is 22.6 Å². The monoisotopic (exact) mass is 961 g/mol. The minimum absolute atomic E-state index is 0.106. The Labute approximate surface area is 392 Å². The standard InChI is InChI=1S/C46H47F4N9O6S2/c1-44(2,3)39(41(62)57-23-29(60)18-34(57)40-54-21-32(55-40)35-22-52-25-67-35)56-36(61)24-64-16-6-7-17-65-30-12-8-26(9-13-30)31-14-11-28(20-53-31)59-43(66)58(42(63)45(59,4)5)33-15-10-27(19-51)37(38(33)47)46(48,49)50/h8-15,20-22,25,29,34,39,60H,6-7,16-18,23-24H2,1-5H3,(H,54,55)(H,56,61)/t29-,34+,39-/m1/s1. The van der Waals surface area contributed by atoms with Crippen molar-refractivity contribution in [3.63, 3.8) is 0 Å². The Morgan fingerprint density at radius 1 is 1.07 bits per heavy atom. The van der Waals surface area contributed by atoms with Crippen molar-refractivity contribution in [2.24, 2.45) is 5.41 Å². The number of aliphatic hydroxyl groups is 1. The summed E-state index contributed by atoms with van der Waals surface area (Å²) in [7, 11) is 0. The lowest BCUT2D eigenvalue weighted by Gasteiger charge is -2.35. The number of benzene rings is 2. The average molecular weight is 962 g/mol. The minimum Gasteiger partial charge on any atom is -0.494 e. The van der Waals surface area contributed by atoms with Crippen LogP contribution in [-0.2, 0) is 25.3 Å². The summed E-state index contributed by atoms with van der Waals surface area (Å²) in [6.07, 6.45) is 0.501. The maximum Gasteiger partial charge on any atom is 0.420 e. The summed E-state index contributed by atoms with van der Waals surface area (Å²) in [4.78, 5) is 61.6. The fourth-order valence-electron chi connectivity index (χ4n) is 7.93. The van der Waals surface area contributed by atoms with Gasteiger partial charge in [-0.25, -0.2) is 9.37 Å². The minimum atomic E-state index is -5.19. The van der Waals surface area contributed by atoms with Crippen molar-refractivity contribution in [1.82, 2.24) is 30.2 Å². The second kappa shape index (κ2) is 19.5.